The van der Waals surface area contributed by atoms with Crippen LogP contribution >= 0.6 is 0 Å². The third-order valence-corrected chi connectivity index (χ3v) is 3.25. The number of nitro groups is 1. The molecule has 2 aromatic carbocycles. The third kappa shape index (κ3) is 5.10. The SMILES string of the molecule is CCCOc1ccc(/C=C/C(=O)Nc2cc(F)ccc2F)cc1[N+](=O)[O-]. The van der Waals surface area contributed by atoms with Gasteiger partial charge in [-0.15, -0.1) is 0 Å². The predicted octanol–water partition coefficient (Wildman–Crippen LogP) is 4.31. The van der Waals surface area contributed by atoms with E-state index in [1.165, 1.54) is 18.2 Å². The number of hydrogen-bond acceptors (Lipinski definition) is 4. The van der Waals surface area contributed by atoms with E-state index in [1.807, 2.05) is 6.92 Å². The zero-order valence-corrected chi connectivity index (χ0v) is 13.9. The van der Waals surface area contributed by atoms with Gasteiger partial charge in [0, 0.05) is 18.2 Å². The summed E-state index contributed by atoms with van der Waals surface area (Å²) < 4.78 is 31.9. The van der Waals surface area contributed by atoms with Crippen LogP contribution in [0.3, 0.4) is 0 Å². The Hall–Kier alpha value is -3.29. The molecule has 0 radical (unpaired) electrons. The summed E-state index contributed by atoms with van der Waals surface area (Å²) in [6.45, 7) is 2.22. The van der Waals surface area contributed by atoms with Gasteiger partial charge in [0.05, 0.1) is 17.2 Å². The van der Waals surface area contributed by atoms with E-state index in [9.17, 15) is 23.7 Å². The largest absolute Gasteiger partial charge is 0.487 e. The molecular formula is C18H16F2N2O4. The van der Waals surface area contributed by atoms with Crippen LogP contribution in [0.25, 0.3) is 6.08 Å². The van der Waals surface area contributed by atoms with E-state index >= 15 is 0 Å². The molecule has 136 valence electrons. The number of halogens is 2. The Labute approximate surface area is 148 Å². The van der Waals surface area contributed by atoms with E-state index in [-0.39, 0.29) is 17.1 Å². The molecule has 2 aromatic rings. The quantitative estimate of drug-likeness (QED) is 0.452. The standard InChI is InChI=1S/C18H16F2N2O4/c1-2-9-26-17-7-3-12(10-16(17)22(24)25)4-8-18(23)21-15-11-13(19)5-6-14(15)20/h3-8,10-11H,2,9H2,1H3,(H,21,23)/b8-4+. The van der Waals surface area contributed by atoms with Crippen molar-refractivity contribution < 1.29 is 23.2 Å². The normalized spacial score (nSPS) is 10.7. The van der Waals surface area contributed by atoms with Crippen molar-refractivity contribution in [1.82, 2.24) is 0 Å². The first kappa shape index (κ1) is 19.0. The molecule has 0 saturated heterocycles. The number of amides is 1. The Bertz CT molecular complexity index is 853. The van der Waals surface area contributed by atoms with Gasteiger partial charge >= 0.3 is 5.69 Å². The van der Waals surface area contributed by atoms with Crippen molar-refractivity contribution in [2.24, 2.45) is 0 Å². The maximum Gasteiger partial charge on any atom is 0.311 e. The number of benzene rings is 2. The van der Waals surface area contributed by atoms with Crippen LogP contribution in [0, 0.1) is 21.7 Å². The minimum atomic E-state index is -0.777. The van der Waals surface area contributed by atoms with Gasteiger partial charge in [-0.1, -0.05) is 13.0 Å². The second-order valence-corrected chi connectivity index (χ2v) is 5.28. The predicted molar refractivity (Wildman–Crippen MR) is 92.9 cm³/mol. The number of ether oxygens (including phenoxy) is 1. The zero-order chi connectivity index (χ0) is 19.1. The first-order valence-corrected chi connectivity index (χ1v) is 7.76. The van der Waals surface area contributed by atoms with E-state index in [2.05, 4.69) is 5.32 Å². The summed E-state index contributed by atoms with van der Waals surface area (Å²) in [5.41, 5.74) is -0.137. The second kappa shape index (κ2) is 8.70. The van der Waals surface area contributed by atoms with Gasteiger partial charge in [0.2, 0.25) is 5.91 Å². The van der Waals surface area contributed by atoms with E-state index in [1.54, 1.807) is 6.07 Å². The van der Waals surface area contributed by atoms with Crippen molar-refractivity contribution in [2.45, 2.75) is 13.3 Å². The highest BCUT2D eigenvalue weighted by Crippen LogP contribution is 2.28. The monoisotopic (exact) mass is 362 g/mol. The maximum atomic E-state index is 13.5. The van der Waals surface area contributed by atoms with Gasteiger partial charge < -0.3 is 10.1 Å². The Morgan fingerprint density at radius 3 is 2.73 bits per heavy atom. The van der Waals surface area contributed by atoms with Crippen molar-refractivity contribution in [3.05, 3.63) is 69.8 Å². The van der Waals surface area contributed by atoms with Crippen molar-refractivity contribution in [3.63, 3.8) is 0 Å². The topological polar surface area (TPSA) is 81.5 Å². The average molecular weight is 362 g/mol. The van der Waals surface area contributed by atoms with Gasteiger partial charge in [0.25, 0.3) is 0 Å². The molecule has 0 unspecified atom stereocenters. The number of nitrogens with one attached hydrogen (secondary N) is 1. The van der Waals surface area contributed by atoms with Gasteiger partial charge in [0.15, 0.2) is 5.75 Å². The molecule has 0 fully saturated rings. The van der Waals surface area contributed by atoms with Crippen molar-refractivity contribution in [3.8, 4) is 5.75 Å². The van der Waals surface area contributed by atoms with E-state index < -0.39 is 22.5 Å². The Kier molecular flexibility index (Phi) is 6.37. The van der Waals surface area contributed by atoms with Crippen molar-refractivity contribution in [1.29, 1.82) is 0 Å². The van der Waals surface area contributed by atoms with Crippen LogP contribution in [0.15, 0.2) is 42.5 Å². The van der Waals surface area contributed by atoms with Crippen molar-refractivity contribution in [2.75, 3.05) is 11.9 Å². The highest BCUT2D eigenvalue weighted by Gasteiger charge is 2.15. The molecule has 0 aromatic heterocycles. The minimum Gasteiger partial charge on any atom is -0.487 e. The molecule has 8 heteroatoms. The maximum absolute atomic E-state index is 13.5. The van der Waals surface area contributed by atoms with Gasteiger partial charge in [-0.2, -0.15) is 0 Å². The van der Waals surface area contributed by atoms with Crippen LogP contribution in [0.5, 0.6) is 5.75 Å². The number of nitro benzene ring substituents is 1. The number of carbonyl (C=O) groups excluding carboxylic acids is 1. The van der Waals surface area contributed by atoms with Gasteiger partial charge in [-0.25, -0.2) is 8.78 Å². The highest BCUT2D eigenvalue weighted by atomic mass is 19.1. The molecule has 0 aliphatic rings. The second-order valence-electron chi connectivity index (χ2n) is 5.28. The lowest BCUT2D eigenvalue weighted by Crippen LogP contribution is -2.09. The Morgan fingerprint density at radius 1 is 1.27 bits per heavy atom. The van der Waals surface area contributed by atoms with Gasteiger partial charge in [-0.3, -0.25) is 14.9 Å². The lowest BCUT2D eigenvalue weighted by Gasteiger charge is -2.06. The van der Waals surface area contributed by atoms with Crippen LogP contribution in [0.1, 0.15) is 18.9 Å². The summed E-state index contributed by atoms with van der Waals surface area (Å²) in [4.78, 5) is 22.4. The fourth-order valence-electron chi connectivity index (χ4n) is 2.05. The van der Waals surface area contributed by atoms with Gasteiger partial charge in [-0.05, 0) is 36.3 Å². The zero-order valence-electron chi connectivity index (χ0n) is 13.9. The summed E-state index contributed by atoms with van der Waals surface area (Å²) in [6.07, 6.45) is 3.09. The number of carbonyl (C=O) groups is 1. The van der Waals surface area contributed by atoms with E-state index in [4.69, 9.17) is 4.74 Å². The molecule has 0 saturated carbocycles. The Morgan fingerprint density at radius 2 is 2.04 bits per heavy atom. The first-order valence-electron chi connectivity index (χ1n) is 7.76. The van der Waals surface area contributed by atoms with Gasteiger partial charge in [0.1, 0.15) is 11.6 Å². The summed E-state index contributed by atoms with van der Waals surface area (Å²) in [7, 11) is 0. The van der Waals surface area contributed by atoms with Crippen LogP contribution in [-0.4, -0.2) is 17.4 Å². The average Bonchev–Trinajstić information content (AvgIpc) is 2.61. The smallest absolute Gasteiger partial charge is 0.311 e. The molecule has 1 N–H and O–H groups in total. The molecular weight excluding hydrogens is 346 g/mol. The first-order chi connectivity index (χ1) is 12.4. The van der Waals surface area contributed by atoms with Crippen LogP contribution < -0.4 is 10.1 Å². The molecule has 0 aliphatic heterocycles. The number of anilines is 1. The summed E-state index contributed by atoms with van der Waals surface area (Å²) in [6, 6.07) is 6.93. The number of hydrogen-bond donors (Lipinski definition) is 1. The summed E-state index contributed by atoms with van der Waals surface area (Å²) in [5.74, 6) is -2.03. The minimum absolute atomic E-state index is 0.139. The molecule has 2 rings (SSSR count). The summed E-state index contributed by atoms with van der Waals surface area (Å²) >= 11 is 0. The molecule has 0 spiro atoms. The third-order valence-electron chi connectivity index (χ3n) is 3.25. The van der Waals surface area contributed by atoms with E-state index in [0.717, 1.165) is 24.3 Å². The van der Waals surface area contributed by atoms with Crippen LogP contribution in [0.2, 0.25) is 0 Å². The molecule has 0 bridgehead atoms. The fraction of sp³-hybridized carbons (Fsp3) is 0.167. The molecule has 6 nitrogen and oxygen atoms in total. The molecule has 0 atom stereocenters. The molecule has 0 heterocycles. The molecule has 26 heavy (non-hydrogen) atoms. The Balaban J connectivity index is 2.13. The van der Waals surface area contributed by atoms with Crippen LogP contribution in [0.4, 0.5) is 20.2 Å². The number of nitrogens with zero attached hydrogens (tertiary/aromatic N) is 1. The lowest BCUT2D eigenvalue weighted by molar-refractivity contribution is -0.385. The number of rotatable bonds is 7. The van der Waals surface area contributed by atoms with Crippen molar-refractivity contribution >= 4 is 23.4 Å². The highest BCUT2D eigenvalue weighted by molar-refractivity contribution is 6.02. The summed E-state index contributed by atoms with van der Waals surface area (Å²) in [5, 5.41) is 13.3. The van der Waals surface area contributed by atoms with Crippen LogP contribution in [-0.2, 0) is 4.79 Å². The molecule has 0 aliphatic carbocycles. The van der Waals surface area contributed by atoms with E-state index in [0.29, 0.717) is 18.6 Å². The molecule has 1 amide bonds. The lowest BCUT2D eigenvalue weighted by atomic mass is 10.1. The fourth-order valence-corrected chi connectivity index (χ4v) is 2.05.